The molecule has 0 aromatic carbocycles. The van der Waals surface area contributed by atoms with Crippen LogP contribution < -0.4 is 0 Å². The topological polar surface area (TPSA) is 53.4 Å². The van der Waals surface area contributed by atoms with Gasteiger partial charge in [0.2, 0.25) is 0 Å². The van der Waals surface area contributed by atoms with Gasteiger partial charge in [-0.3, -0.25) is 4.79 Å². The molecule has 1 unspecified atom stereocenters. The predicted molar refractivity (Wildman–Crippen MR) is 66.5 cm³/mol. The molecule has 0 N–H and O–H groups in total. The molecule has 1 fully saturated rings. The number of carbonyl (C=O) groups excluding carboxylic acids is 1. The smallest absolute Gasteiger partial charge is 0.133 e. The number of nitriles is 1. The van der Waals surface area contributed by atoms with Crippen molar-refractivity contribution >= 4 is 5.78 Å². The molecule has 96 valence electrons. The van der Waals surface area contributed by atoms with Gasteiger partial charge in [-0.05, 0) is 12.8 Å². The lowest BCUT2D eigenvalue weighted by atomic mass is 10.0. The van der Waals surface area contributed by atoms with E-state index >= 15 is 0 Å². The average molecular weight is 237 g/mol. The van der Waals surface area contributed by atoms with Crippen LogP contribution in [0, 0.1) is 11.3 Å². The molecule has 1 atom stereocenters. The lowest BCUT2D eigenvalue weighted by molar-refractivity contribution is -0.119. The first kappa shape index (κ1) is 14.2. The van der Waals surface area contributed by atoms with Crippen LogP contribution in [0.15, 0.2) is 0 Å². The number of nitrogens with zero attached hydrogens (tertiary/aromatic N) is 1. The van der Waals surface area contributed by atoms with Gasteiger partial charge in [0.15, 0.2) is 0 Å². The molecule has 0 spiro atoms. The largest absolute Gasteiger partial charge is 0.373 e. The van der Waals surface area contributed by atoms with E-state index in [1.165, 1.54) is 32.1 Å². The van der Waals surface area contributed by atoms with Gasteiger partial charge in [-0.25, -0.2) is 0 Å². The molecular weight excluding hydrogens is 214 g/mol. The van der Waals surface area contributed by atoms with Crippen LogP contribution in [0.2, 0.25) is 0 Å². The number of rotatable bonds is 11. The molecule has 1 saturated heterocycles. The maximum Gasteiger partial charge on any atom is 0.133 e. The molecule has 0 saturated carbocycles. The Kier molecular flexibility index (Phi) is 7.66. The van der Waals surface area contributed by atoms with Gasteiger partial charge in [0, 0.05) is 19.3 Å². The zero-order valence-corrected chi connectivity index (χ0v) is 10.6. The molecule has 1 aliphatic rings. The first-order valence-corrected chi connectivity index (χ1v) is 6.83. The van der Waals surface area contributed by atoms with Gasteiger partial charge in [0.1, 0.15) is 5.78 Å². The van der Waals surface area contributed by atoms with Crippen LogP contribution in [0.1, 0.15) is 64.2 Å². The third-order valence-corrected chi connectivity index (χ3v) is 3.15. The van der Waals surface area contributed by atoms with Crippen LogP contribution in [0.25, 0.3) is 0 Å². The Morgan fingerprint density at radius 3 is 2.41 bits per heavy atom. The highest BCUT2D eigenvalue weighted by atomic mass is 16.6. The van der Waals surface area contributed by atoms with Crippen molar-refractivity contribution < 1.29 is 9.53 Å². The van der Waals surface area contributed by atoms with Gasteiger partial charge in [0.05, 0.1) is 18.8 Å². The fourth-order valence-corrected chi connectivity index (χ4v) is 1.96. The standard InChI is InChI=1S/C14H23NO2/c15-11-7-9-13(16)8-5-3-1-2-4-6-10-14-12-17-14/h14H,1-10,12H2. The summed E-state index contributed by atoms with van der Waals surface area (Å²) in [6, 6.07) is 2.01. The Labute approximate surface area is 104 Å². The number of Topliss-reactive ketones (excluding diaryl/α,β-unsaturated/α-hetero) is 1. The maximum atomic E-state index is 11.3. The Morgan fingerprint density at radius 2 is 1.76 bits per heavy atom. The lowest BCUT2D eigenvalue weighted by Crippen LogP contribution is -1.96. The molecule has 0 amide bonds. The van der Waals surface area contributed by atoms with Crippen LogP contribution in [-0.4, -0.2) is 18.5 Å². The van der Waals surface area contributed by atoms with Crippen LogP contribution >= 0.6 is 0 Å². The second kappa shape index (κ2) is 9.18. The number of unbranched alkanes of at least 4 members (excludes halogenated alkanes) is 5. The third kappa shape index (κ3) is 8.88. The number of ether oxygens (including phenoxy) is 1. The zero-order valence-electron chi connectivity index (χ0n) is 10.6. The summed E-state index contributed by atoms with van der Waals surface area (Å²) in [5.41, 5.74) is 0. The van der Waals surface area contributed by atoms with Gasteiger partial charge in [-0.15, -0.1) is 0 Å². The van der Waals surface area contributed by atoms with Crippen molar-refractivity contribution in [3.05, 3.63) is 0 Å². The second-order valence-corrected chi connectivity index (χ2v) is 4.81. The van der Waals surface area contributed by atoms with Gasteiger partial charge < -0.3 is 4.74 Å². The lowest BCUT2D eigenvalue weighted by Gasteiger charge is -2.01. The van der Waals surface area contributed by atoms with Gasteiger partial charge in [0.25, 0.3) is 0 Å². The minimum atomic E-state index is 0.248. The van der Waals surface area contributed by atoms with Crippen LogP contribution in [0.5, 0.6) is 0 Å². The van der Waals surface area contributed by atoms with Crippen molar-refractivity contribution in [2.45, 2.75) is 70.3 Å². The second-order valence-electron chi connectivity index (χ2n) is 4.81. The van der Waals surface area contributed by atoms with E-state index in [0.717, 1.165) is 19.4 Å². The summed E-state index contributed by atoms with van der Waals surface area (Å²) < 4.78 is 5.15. The SMILES string of the molecule is N#CCCC(=O)CCCCCCCCC1CO1. The number of ketones is 1. The predicted octanol–water partition coefficient (Wildman–Crippen LogP) is 3.38. The Bertz CT molecular complexity index is 253. The van der Waals surface area contributed by atoms with Crippen molar-refractivity contribution in [3.63, 3.8) is 0 Å². The minimum absolute atomic E-state index is 0.248. The molecule has 3 nitrogen and oxygen atoms in total. The van der Waals surface area contributed by atoms with Crippen LogP contribution in [0.4, 0.5) is 0 Å². The highest BCUT2D eigenvalue weighted by Gasteiger charge is 2.20. The number of epoxide rings is 1. The molecule has 1 rings (SSSR count). The Morgan fingerprint density at radius 1 is 1.12 bits per heavy atom. The molecule has 0 radical (unpaired) electrons. The summed E-state index contributed by atoms with van der Waals surface area (Å²) in [6.45, 7) is 0.977. The molecule has 1 aliphatic heterocycles. The van der Waals surface area contributed by atoms with Crippen molar-refractivity contribution in [2.75, 3.05) is 6.61 Å². The van der Waals surface area contributed by atoms with E-state index in [0.29, 0.717) is 25.4 Å². The van der Waals surface area contributed by atoms with E-state index in [4.69, 9.17) is 10.00 Å². The molecule has 17 heavy (non-hydrogen) atoms. The fraction of sp³-hybridized carbons (Fsp3) is 0.857. The number of hydrogen-bond acceptors (Lipinski definition) is 3. The van der Waals surface area contributed by atoms with Crippen LogP contribution in [-0.2, 0) is 9.53 Å². The summed E-state index contributed by atoms with van der Waals surface area (Å²) in [4.78, 5) is 11.3. The van der Waals surface area contributed by atoms with Gasteiger partial charge >= 0.3 is 0 Å². The summed E-state index contributed by atoms with van der Waals surface area (Å²) >= 11 is 0. The van der Waals surface area contributed by atoms with Crippen LogP contribution in [0.3, 0.4) is 0 Å². The van der Waals surface area contributed by atoms with Crippen molar-refractivity contribution in [3.8, 4) is 6.07 Å². The summed E-state index contributed by atoms with van der Waals surface area (Å²) in [7, 11) is 0. The monoisotopic (exact) mass is 237 g/mol. The molecule has 0 aromatic heterocycles. The summed E-state index contributed by atoms with van der Waals surface area (Å²) in [5.74, 6) is 0.248. The third-order valence-electron chi connectivity index (χ3n) is 3.15. The molecule has 0 bridgehead atoms. The number of carbonyl (C=O) groups is 1. The van der Waals surface area contributed by atoms with Crippen molar-refractivity contribution in [1.82, 2.24) is 0 Å². The Hall–Kier alpha value is -0.880. The maximum absolute atomic E-state index is 11.3. The average Bonchev–Trinajstić information content (AvgIpc) is 3.14. The number of hydrogen-bond donors (Lipinski definition) is 0. The van der Waals surface area contributed by atoms with Crippen molar-refractivity contribution in [2.24, 2.45) is 0 Å². The van der Waals surface area contributed by atoms with E-state index < -0.39 is 0 Å². The molecule has 3 heteroatoms. The Balaban J connectivity index is 1.74. The van der Waals surface area contributed by atoms with E-state index in [1.54, 1.807) is 0 Å². The first-order valence-electron chi connectivity index (χ1n) is 6.83. The highest BCUT2D eigenvalue weighted by molar-refractivity contribution is 5.78. The molecule has 1 heterocycles. The van der Waals surface area contributed by atoms with E-state index in [1.807, 2.05) is 6.07 Å². The van der Waals surface area contributed by atoms with Gasteiger partial charge in [-0.1, -0.05) is 32.1 Å². The van der Waals surface area contributed by atoms with E-state index in [2.05, 4.69) is 0 Å². The zero-order chi connectivity index (χ0) is 12.3. The van der Waals surface area contributed by atoms with Crippen molar-refractivity contribution in [1.29, 1.82) is 5.26 Å². The summed E-state index contributed by atoms with van der Waals surface area (Å²) in [5, 5.41) is 8.34. The fourth-order valence-electron chi connectivity index (χ4n) is 1.96. The van der Waals surface area contributed by atoms with E-state index in [-0.39, 0.29) is 5.78 Å². The molecule has 0 aromatic rings. The van der Waals surface area contributed by atoms with E-state index in [9.17, 15) is 4.79 Å². The molecular formula is C14H23NO2. The minimum Gasteiger partial charge on any atom is -0.373 e. The highest BCUT2D eigenvalue weighted by Crippen LogP contribution is 2.18. The first-order chi connectivity index (χ1) is 8.33. The summed E-state index contributed by atoms with van der Waals surface area (Å²) in [6.07, 6.45) is 10.5. The van der Waals surface area contributed by atoms with Gasteiger partial charge in [-0.2, -0.15) is 5.26 Å². The normalized spacial score (nSPS) is 17.7. The molecule has 0 aliphatic carbocycles. The quantitative estimate of drug-likeness (QED) is 0.409.